The number of hydrogen-bond donors (Lipinski definition) is 1. The molecule has 1 aliphatic rings. The van der Waals surface area contributed by atoms with E-state index in [1.54, 1.807) is 4.90 Å². The van der Waals surface area contributed by atoms with Crippen molar-refractivity contribution < 1.29 is 14.3 Å². The van der Waals surface area contributed by atoms with Gasteiger partial charge in [-0.05, 0) is 6.92 Å². The molecule has 0 atom stereocenters. The van der Waals surface area contributed by atoms with Gasteiger partial charge in [0.15, 0.2) is 0 Å². The van der Waals surface area contributed by atoms with Crippen molar-refractivity contribution in [3.05, 3.63) is 40.2 Å². The Bertz CT molecular complexity index is 723. The summed E-state index contributed by atoms with van der Waals surface area (Å²) in [5, 5.41) is 3.79. The number of aromatic nitrogens is 1. The minimum atomic E-state index is -0.367. The summed E-state index contributed by atoms with van der Waals surface area (Å²) in [7, 11) is 1.35. The van der Waals surface area contributed by atoms with Crippen LogP contribution < -0.4 is 5.32 Å². The summed E-state index contributed by atoms with van der Waals surface area (Å²) in [5.41, 5.74) is 1.63. The number of rotatable bonds is 3. The zero-order valence-corrected chi connectivity index (χ0v) is 13.7. The number of aryl methyl sites for hydroxylation is 1. The van der Waals surface area contributed by atoms with Gasteiger partial charge in [0.25, 0.3) is 5.91 Å². The molecule has 2 aromatic rings. The van der Waals surface area contributed by atoms with Gasteiger partial charge in [0.1, 0.15) is 4.88 Å². The largest absolute Gasteiger partial charge is 0.453 e. The average molecular weight is 331 g/mol. The van der Waals surface area contributed by atoms with Gasteiger partial charge < -0.3 is 15.0 Å². The molecule has 1 aromatic heterocycles. The molecule has 23 heavy (non-hydrogen) atoms. The van der Waals surface area contributed by atoms with Gasteiger partial charge in [-0.2, -0.15) is 0 Å². The van der Waals surface area contributed by atoms with Gasteiger partial charge in [-0.25, -0.2) is 9.78 Å². The van der Waals surface area contributed by atoms with Crippen molar-refractivity contribution in [1.29, 1.82) is 0 Å². The van der Waals surface area contributed by atoms with E-state index in [1.807, 2.05) is 37.3 Å². The second-order valence-electron chi connectivity index (χ2n) is 5.32. The molecule has 0 radical (unpaired) electrons. The molecule has 0 unspecified atom stereocenters. The van der Waals surface area contributed by atoms with Gasteiger partial charge >= 0.3 is 6.09 Å². The van der Waals surface area contributed by atoms with E-state index < -0.39 is 0 Å². The highest BCUT2D eigenvalue weighted by atomic mass is 32.1. The quantitative estimate of drug-likeness (QED) is 0.937. The van der Waals surface area contributed by atoms with E-state index >= 15 is 0 Å². The maximum atomic E-state index is 12.5. The van der Waals surface area contributed by atoms with E-state index in [1.165, 1.54) is 18.4 Å². The number of benzene rings is 1. The van der Waals surface area contributed by atoms with Crippen molar-refractivity contribution in [2.75, 3.05) is 20.2 Å². The lowest BCUT2D eigenvalue weighted by atomic mass is 10.1. The van der Waals surface area contributed by atoms with Crippen molar-refractivity contribution in [1.82, 2.24) is 15.2 Å². The maximum Gasteiger partial charge on any atom is 0.409 e. The van der Waals surface area contributed by atoms with Crippen molar-refractivity contribution in [2.24, 2.45) is 0 Å². The molecule has 120 valence electrons. The molecule has 1 aromatic carbocycles. The van der Waals surface area contributed by atoms with Crippen molar-refractivity contribution in [3.63, 3.8) is 0 Å². The number of likely N-dealkylation sites (tertiary alicyclic amines) is 1. The molecule has 1 saturated heterocycles. The van der Waals surface area contributed by atoms with E-state index in [-0.39, 0.29) is 18.0 Å². The van der Waals surface area contributed by atoms with Crippen LogP contribution >= 0.6 is 11.3 Å². The lowest BCUT2D eigenvalue weighted by molar-refractivity contribution is 0.0700. The molecule has 3 rings (SSSR count). The van der Waals surface area contributed by atoms with E-state index in [2.05, 4.69) is 15.0 Å². The Morgan fingerprint density at radius 1 is 1.30 bits per heavy atom. The number of carbonyl (C=O) groups excluding carboxylic acids is 2. The third-order valence-electron chi connectivity index (χ3n) is 3.64. The van der Waals surface area contributed by atoms with Crippen LogP contribution in [0.15, 0.2) is 30.3 Å². The van der Waals surface area contributed by atoms with Gasteiger partial charge in [0.2, 0.25) is 0 Å². The third-order valence-corrected chi connectivity index (χ3v) is 4.61. The number of amides is 2. The second-order valence-corrected chi connectivity index (χ2v) is 6.53. The number of thiazole rings is 1. The highest BCUT2D eigenvalue weighted by Gasteiger charge is 2.33. The van der Waals surface area contributed by atoms with Crippen LogP contribution in [0, 0.1) is 6.92 Å². The van der Waals surface area contributed by atoms with Gasteiger partial charge in [-0.3, -0.25) is 4.79 Å². The Kier molecular flexibility index (Phi) is 4.29. The second kappa shape index (κ2) is 6.37. The first-order chi connectivity index (χ1) is 11.1. The van der Waals surface area contributed by atoms with Gasteiger partial charge in [0, 0.05) is 18.7 Å². The first kappa shape index (κ1) is 15.5. The number of nitrogens with zero attached hydrogens (tertiary/aromatic N) is 2. The molecule has 0 spiro atoms. The van der Waals surface area contributed by atoms with Gasteiger partial charge in [-0.15, -0.1) is 11.3 Å². The summed E-state index contributed by atoms with van der Waals surface area (Å²) in [4.78, 5) is 30.5. The molecule has 2 heterocycles. The SMILES string of the molecule is COC(=O)N1CC(NC(=O)c2sc(C)nc2-c2ccccc2)C1. The number of hydrogen-bond acceptors (Lipinski definition) is 5. The summed E-state index contributed by atoms with van der Waals surface area (Å²) in [6.45, 7) is 2.82. The van der Waals surface area contributed by atoms with E-state index in [0.29, 0.717) is 23.7 Å². The van der Waals surface area contributed by atoms with Crippen LogP contribution in [0.2, 0.25) is 0 Å². The van der Waals surface area contributed by atoms with Crippen molar-refractivity contribution >= 4 is 23.3 Å². The monoisotopic (exact) mass is 331 g/mol. The average Bonchev–Trinajstić information content (AvgIpc) is 2.92. The Morgan fingerprint density at radius 3 is 2.65 bits per heavy atom. The summed E-state index contributed by atoms with van der Waals surface area (Å²) >= 11 is 1.38. The van der Waals surface area contributed by atoms with Crippen molar-refractivity contribution in [3.8, 4) is 11.3 Å². The highest BCUT2D eigenvalue weighted by Crippen LogP contribution is 2.28. The zero-order chi connectivity index (χ0) is 16.4. The molecular weight excluding hydrogens is 314 g/mol. The predicted octanol–water partition coefficient (Wildman–Crippen LogP) is 2.30. The van der Waals surface area contributed by atoms with Gasteiger partial charge in [0.05, 0.1) is 23.9 Å². The fourth-order valence-electron chi connectivity index (χ4n) is 2.47. The first-order valence-corrected chi connectivity index (χ1v) is 8.06. The van der Waals surface area contributed by atoms with E-state index in [9.17, 15) is 9.59 Å². The molecule has 0 bridgehead atoms. The lowest BCUT2D eigenvalue weighted by Crippen LogP contribution is -2.60. The Morgan fingerprint density at radius 2 is 2.00 bits per heavy atom. The molecule has 0 saturated carbocycles. The molecular formula is C16H17N3O3S. The molecule has 1 N–H and O–H groups in total. The molecule has 1 aliphatic heterocycles. The fraction of sp³-hybridized carbons (Fsp3) is 0.312. The summed E-state index contributed by atoms with van der Waals surface area (Å²) in [6, 6.07) is 9.60. The van der Waals surface area contributed by atoms with Crippen LogP contribution in [0.3, 0.4) is 0 Å². The first-order valence-electron chi connectivity index (χ1n) is 7.25. The minimum Gasteiger partial charge on any atom is -0.453 e. The third kappa shape index (κ3) is 3.19. The standard InChI is InChI=1S/C16H17N3O3S/c1-10-17-13(11-6-4-3-5-7-11)14(23-10)15(20)18-12-8-19(9-12)16(21)22-2/h3-7,12H,8-9H2,1-2H3,(H,18,20). The predicted molar refractivity (Wildman–Crippen MR) is 87.5 cm³/mol. The molecule has 0 aliphatic carbocycles. The topological polar surface area (TPSA) is 71.5 Å². The fourth-order valence-corrected chi connectivity index (χ4v) is 3.32. The van der Waals surface area contributed by atoms with Crippen LogP contribution in [0.4, 0.5) is 4.79 Å². The Labute approximate surface area is 138 Å². The molecule has 1 fully saturated rings. The minimum absolute atomic E-state index is 0.0485. The van der Waals surface area contributed by atoms with Crippen LogP contribution in [0.5, 0.6) is 0 Å². The number of nitrogens with one attached hydrogen (secondary N) is 1. The number of carbonyl (C=O) groups is 2. The molecule has 2 amide bonds. The summed E-state index contributed by atoms with van der Waals surface area (Å²) in [6.07, 6.45) is -0.367. The highest BCUT2D eigenvalue weighted by molar-refractivity contribution is 7.14. The molecule has 7 heteroatoms. The maximum absolute atomic E-state index is 12.5. The lowest BCUT2D eigenvalue weighted by Gasteiger charge is -2.38. The number of methoxy groups -OCH3 is 1. The zero-order valence-electron chi connectivity index (χ0n) is 12.9. The number of ether oxygens (including phenoxy) is 1. The van der Waals surface area contributed by atoms with Crippen LogP contribution in [0.1, 0.15) is 14.7 Å². The summed E-state index contributed by atoms with van der Waals surface area (Å²) in [5.74, 6) is -0.149. The van der Waals surface area contributed by atoms with Crippen LogP contribution in [-0.2, 0) is 4.74 Å². The van der Waals surface area contributed by atoms with Crippen LogP contribution in [-0.4, -0.2) is 48.1 Å². The summed E-state index contributed by atoms with van der Waals surface area (Å²) < 4.78 is 4.64. The Balaban J connectivity index is 1.71. The van der Waals surface area contributed by atoms with Crippen LogP contribution in [0.25, 0.3) is 11.3 Å². The van der Waals surface area contributed by atoms with E-state index in [4.69, 9.17) is 0 Å². The van der Waals surface area contributed by atoms with E-state index in [0.717, 1.165) is 10.6 Å². The normalized spacial score (nSPS) is 14.3. The van der Waals surface area contributed by atoms with Gasteiger partial charge in [-0.1, -0.05) is 30.3 Å². The smallest absolute Gasteiger partial charge is 0.409 e. The molecule has 6 nitrogen and oxygen atoms in total. The Hall–Kier alpha value is -2.41. The van der Waals surface area contributed by atoms with Crippen molar-refractivity contribution in [2.45, 2.75) is 13.0 Å².